The number of nitrogens with one attached hydrogen (secondary N) is 3. The summed E-state index contributed by atoms with van der Waals surface area (Å²) in [7, 11) is -3.94. The Balaban J connectivity index is 2.31. The average Bonchev–Trinajstić information content (AvgIpc) is 2.47. The molecule has 6 nitrogen and oxygen atoms in total. The van der Waals surface area contributed by atoms with E-state index in [1.54, 1.807) is 0 Å². The van der Waals surface area contributed by atoms with Crippen molar-refractivity contribution in [2.75, 3.05) is 26.2 Å². The zero-order chi connectivity index (χ0) is 16.4. The summed E-state index contributed by atoms with van der Waals surface area (Å²) in [6.45, 7) is 4.01. The maximum Gasteiger partial charge on any atom is 0.243 e. The molecular formula is C14H22FN3O3S. The summed E-state index contributed by atoms with van der Waals surface area (Å²) in [5.41, 5.74) is 0. The molecule has 22 heavy (non-hydrogen) atoms. The molecule has 0 aromatic heterocycles. The summed E-state index contributed by atoms with van der Waals surface area (Å²) >= 11 is 0. The Kier molecular flexibility index (Phi) is 8.00. The fourth-order valence-electron chi connectivity index (χ4n) is 1.72. The lowest BCUT2D eigenvalue weighted by atomic mass is 10.3. The van der Waals surface area contributed by atoms with E-state index in [9.17, 15) is 17.6 Å². The van der Waals surface area contributed by atoms with Crippen molar-refractivity contribution in [1.29, 1.82) is 0 Å². The number of benzene rings is 1. The van der Waals surface area contributed by atoms with Gasteiger partial charge in [0.05, 0.1) is 0 Å². The fraction of sp³-hybridized carbons (Fsp3) is 0.500. The molecule has 0 fully saturated rings. The van der Waals surface area contributed by atoms with Crippen LogP contribution in [0, 0.1) is 5.82 Å². The molecule has 0 saturated heterocycles. The summed E-state index contributed by atoms with van der Waals surface area (Å²) < 4.78 is 39.4. The maximum atomic E-state index is 13.4. The van der Waals surface area contributed by atoms with E-state index < -0.39 is 20.7 Å². The Morgan fingerprint density at radius 1 is 1.14 bits per heavy atom. The third-order valence-electron chi connectivity index (χ3n) is 2.82. The summed E-state index contributed by atoms with van der Waals surface area (Å²) in [6.07, 6.45) is 1.02. The van der Waals surface area contributed by atoms with Crippen molar-refractivity contribution in [3.63, 3.8) is 0 Å². The van der Waals surface area contributed by atoms with Crippen LogP contribution in [0.4, 0.5) is 4.39 Å². The number of rotatable bonds is 10. The highest BCUT2D eigenvalue weighted by Crippen LogP contribution is 2.12. The van der Waals surface area contributed by atoms with Crippen LogP contribution in [0.15, 0.2) is 29.2 Å². The van der Waals surface area contributed by atoms with E-state index in [1.807, 2.05) is 6.92 Å². The Morgan fingerprint density at radius 2 is 1.86 bits per heavy atom. The third kappa shape index (κ3) is 6.50. The van der Waals surface area contributed by atoms with Crippen LogP contribution in [0.5, 0.6) is 0 Å². The van der Waals surface area contributed by atoms with Crippen LogP contribution in [0.1, 0.15) is 19.8 Å². The third-order valence-corrected chi connectivity index (χ3v) is 4.32. The molecule has 0 saturated carbocycles. The highest BCUT2D eigenvalue weighted by molar-refractivity contribution is 7.89. The van der Waals surface area contributed by atoms with Crippen LogP contribution >= 0.6 is 0 Å². The van der Waals surface area contributed by atoms with Gasteiger partial charge in [-0.2, -0.15) is 0 Å². The standard InChI is InChI=1S/C14H22FN3O3S/c1-2-8-16-10-11-17-14(19)7-9-18-22(20,21)13-6-4-3-5-12(13)15/h3-6,16,18H,2,7-11H2,1H3,(H,17,19). The quantitative estimate of drug-likeness (QED) is 0.548. The molecule has 0 spiro atoms. The van der Waals surface area contributed by atoms with Crippen molar-refractivity contribution in [3.8, 4) is 0 Å². The van der Waals surface area contributed by atoms with Crippen LogP contribution < -0.4 is 15.4 Å². The minimum absolute atomic E-state index is 0.00145. The van der Waals surface area contributed by atoms with Crippen LogP contribution in [-0.4, -0.2) is 40.5 Å². The van der Waals surface area contributed by atoms with Gasteiger partial charge in [-0.1, -0.05) is 19.1 Å². The molecule has 0 heterocycles. The van der Waals surface area contributed by atoms with Gasteiger partial charge in [0, 0.05) is 26.1 Å². The van der Waals surface area contributed by atoms with Crippen LogP contribution in [0.2, 0.25) is 0 Å². The number of sulfonamides is 1. The summed E-state index contributed by atoms with van der Waals surface area (Å²) in [5, 5.41) is 5.80. The predicted octanol–water partition coefficient (Wildman–Crippen LogP) is 0.610. The average molecular weight is 331 g/mol. The first-order chi connectivity index (χ1) is 10.5. The Hall–Kier alpha value is -1.51. The lowest BCUT2D eigenvalue weighted by Gasteiger charge is -2.08. The smallest absolute Gasteiger partial charge is 0.243 e. The van der Waals surface area contributed by atoms with E-state index in [4.69, 9.17) is 0 Å². The van der Waals surface area contributed by atoms with Crippen molar-refractivity contribution in [2.45, 2.75) is 24.7 Å². The SMILES string of the molecule is CCCNCCNC(=O)CCNS(=O)(=O)c1ccccc1F. The lowest BCUT2D eigenvalue weighted by Crippen LogP contribution is -2.34. The molecule has 1 aromatic rings. The molecule has 0 aliphatic rings. The second-order valence-electron chi connectivity index (χ2n) is 4.68. The molecule has 1 rings (SSSR count). The van der Waals surface area contributed by atoms with Crippen molar-refractivity contribution in [3.05, 3.63) is 30.1 Å². The number of amides is 1. The first kappa shape index (κ1) is 18.5. The van der Waals surface area contributed by atoms with E-state index >= 15 is 0 Å². The van der Waals surface area contributed by atoms with Crippen molar-refractivity contribution < 1.29 is 17.6 Å². The molecule has 0 atom stereocenters. The van der Waals surface area contributed by atoms with Crippen LogP contribution in [0.3, 0.4) is 0 Å². The van der Waals surface area contributed by atoms with Crippen molar-refractivity contribution >= 4 is 15.9 Å². The van der Waals surface area contributed by atoms with Gasteiger partial charge in [0.2, 0.25) is 15.9 Å². The number of halogens is 1. The van der Waals surface area contributed by atoms with Gasteiger partial charge >= 0.3 is 0 Å². The summed E-state index contributed by atoms with van der Waals surface area (Å²) in [4.78, 5) is 11.1. The molecule has 3 N–H and O–H groups in total. The molecule has 1 amide bonds. The Bertz CT molecular complexity index is 578. The van der Waals surface area contributed by atoms with E-state index in [1.165, 1.54) is 18.2 Å². The second kappa shape index (κ2) is 9.50. The topological polar surface area (TPSA) is 87.3 Å². The van der Waals surface area contributed by atoms with Gasteiger partial charge in [0.15, 0.2) is 0 Å². The van der Waals surface area contributed by atoms with Gasteiger partial charge in [0.1, 0.15) is 10.7 Å². The van der Waals surface area contributed by atoms with Crippen molar-refractivity contribution in [1.82, 2.24) is 15.4 Å². The summed E-state index contributed by atoms with van der Waals surface area (Å²) in [5.74, 6) is -1.07. The number of hydrogen-bond donors (Lipinski definition) is 3. The maximum absolute atomic E-state index is 13.4. The molecule has 0 aliphatic heterocycles. The zero-order valence-corrected chi connectivity index (χ0v) is 13.4. The monoisotopic (exact) mass is 331 g/mol. The normalized spacial score (nSPS) is 11.4. The number of hydrogen-bond acceptors (Lipinski definition) is 4. The fourth-order valence-corrected chi connectivity index (χ4v) is 2.83. The highest BCUT2D eigenvalue weighted by Gasteiger charge is 2.18. The van der Waals surface area contributed by atoms with Gasteiger partial charge in [-0.05, 0) is 25.1 Å². The number of carbonyl (C=O) groups excluding carboxylic acids is 1. The molecule has 124 valence electrons. The van der Waals surface area contributed by atoms with Gasteiger partial charge in [-0.25, -0.2) is 17.5 Å². The predicted molar refractivity (Wildman–Crippen MR) is 82.4 cm³/mol. The lowest BCUT2D eigenvalue weighted by molar-refractivity contribution is -0.120. The molecule has 0 radical (unpaired) electrons. The first-order valence-electron chi connectivity index (χ1n) is 7.19. The molecule has 0 bridgehead atoms. The van der Waals surface area contributed by atoms with Crippen LogP contribution in [-0.2, 0) is 14.8 Å². The molecular weight excluding hydrogens is 309 g/mol. The number of carbonyl (C=O) groups is 1. The Morgan fingerprint density at radius 3 is 2.55 bits per heavy atom. The van der Waals surface area contributed by atoms with Gasteiger partial charge in [-0.15, -0.1) is 0 Å². The minimum atomic E-state index is -3.94. The van der Waals surface area contributed by atoms with Crippen molar-refractivity contribution in [2.24, 2.45) is 0 Å². The van der Waals surface area contributed by atoms with Gasteiger partial charge in [-0.3, -0.25) is 4.79 Å². The van der Waals surface area contributed by atoms with E-state index in [-0.39, 0.29) is 18.9 Å². The largest absolute Gasteiger partial charge is 0.355 e. The molecule has 1 aromatic carbocycles. The van der Waals surface area contributed by atoms with E-state index in [0.717, 1.165) is 19.0 Å². The first-order valence-corrected chi connectivity index (χ1v) is 8.67. The van der Waals surface area contributed by atoms with E-state index in [0.29, 0.717) is 13.1 Å². The van der Waals surface area contributed by atoms with Gasteiger partial charge in [0.25, 0.3) is 0 Å². The molecule has 0 unspecified atom stereocenters. The van der Waals surface area contributed by atoms with Crippen LogP contribution in [0.25, 0.3) is 0 Å². The summed E-state index contributed by atoms with van der Waals surface area (Å²) in [6, 6.07) is 5.10. The Labute approximate surface area is 130 Å². The van der Waals surface area contributed by atoms with E-state index in [2.05, 4.69) is 15.4 Å². The molecule has 8 heteroatoms. The minimum Gasteiger partial charge on any atom is -0.355 e. The molecule has 0 aliphatic carbocycles. The zero-order valence-electron chi connectivity index (χ0n) is 12.6. The second-order valence-corrected chi connectivity index (χ2v) is 6.41. The highest BCUT2D eigenvalue weighted by atomic mass is 32.2. The van der Waals surface area contributed by atoms with Gasteiger partial charge < -0.3 is 10.6 Å².